The number of rotatable bonds is 13. The number of benzene rings is 4. The van der Waals surface area contributed by atoms with Gasteiger partial charge in [0.2, 0.25) is 11.8 Å². The van der Waals surface area contributed by atoms with E-state index >= 15 is 0 Å². The van der Waals surface area contributed by atoms with Gasteiger partial charge < -0.3 is 10.2 Å². The van der Waals surface area contributed by atoms with Crippen LogP contribution in [0.15, 0.2) is 108 Å². The fourth-order valence-electron chi connectivity index (χ4n) is 4.83. The Bertz CT molecular complexity index is 1660. The van der Waals surface area contributed by atoms with Gasteiger partial charge in [0.25, 0.3) is 10.0 Å². The highest BCUT2D eigenvalue weighted by Crippen LogP contribution is 2.26. The predicted octanol–water partition coefficient (Wildman–Crippen LogP) is 6.32. The Labute approximate surface area is 265 Å². The lowest BCUT2D eigenvalue weighted by Gasteiger charge is -2.34. The molecule has 0 saturated carbocycles. The van der Waals surface area contributed by atoms with Crippen molar-refractivity contribution in [2.24, 2.45) is 0 Å². The first-order valence-electron chi connectivity index (χ1n) is 14.6. The molecule has 4 aromatic carbocycles. The number of sulfonamides is 1. The van der Waals surface area contributed by atoms with Gasteiger partial charge in [0.15, 0.2) is 0 Å². The summed E-state index contributed by atoms with van der Waals surface area (Å²) >= 11 is 6.29. The van der Waals surface area contributed by atoms with E-state index in [1.807, 2.05) is 57.2 Å². The molecule has 1 N–H and O–H groups in total. The molecule has 0 aromatic heterocycles. The Kier molecular flexibility index (Phi) is 11.2. The largest absolute Gasteiger partial charge is 0.354 e. The van der Waals surface area contributed by atoms with Crippen molar-refractivity contribution in [2.45, 2.75) is 51.1 Å². The number of anilines is 1. The average molecular weight is 632 g/mol. The molecule has 0 unspecified atom stereocenters. The summed E-state index contributed by atoms with van der Waals surface area (Å²) in [6, 6.07) is 29.1. The molecule has 0 bridgehead atoms. The van der Waals surface area contributed by atoms with Gasteiger partial charge in [-0.2, -0.15) is 0 Å². The van der Waals surface area contributed by atoms with E-state index < -0.39 is 28.5 Å². The summed E-state index contributed by atoms with van der Waals surface area (Å²) in [5.74, 6) is -0.830. The average Bonchev–Trinajstić information content (AvgIpc) is 3.01. The van der Waals surface area contributed by atoms with E-state index in [1.54, 1.807) is 54.6 Å². The van der Waals surface area contributed by atoms with E-state index in [4.69, 9.17) is 11.6 Å². The number of nitrogens with zero attached hydrogens (tertiary/aromatic N) is 2. The second kappa shape index (κ2) is 15.0. The van der Waals surface area contributed by atoms with Gasteiger partial charge in [0.1, 0.15) is 12.6 Å². The Morgan fingerprint density at radius 2 is 1.43 bits per heavy atom. The Morgan fingerprint density at radius 3 is 2.05 bits per heavy atom. The predicted molar refractivity (Wildman–Crippen MR) is 176 cm³/mol. The van der Waals surface area contributed by atoms with Crippen LogP contribution in [0.1, 0.15) is 35.6 Å². The maximum atomic E-state index is 14.4. The van der Waals surface area contributed by atoms with Crippen LogP contribution < -0.4 is 9.62 Å². The molecule has 44 heavy (non-hydrogen) atoms. The van der Waals surface area contributed by atoms with Gasteiger partial charge in [-0.1, -0.05) is 96.4 Å². The van der Waals surface area contributed by atoms with Gasteiger partial charge in [0.05, 0.1) is 10.6 Å². The van der Waals surface area contributed by atoms with Crippen molar-refractivity contribution in [2.75, 3.05) is 17.4 Å². The van der Waals surface area contributed by atoms with E-state index in [-0.39, 0.29) is 23.8 Å². The van der Waals surface area contributed by atoms with Crippen LogP contribution in [0.25, 0.3) is 0 Å². The first kappa shape index (κ1) is 32.8. The number of hydrogen-bond donors (Lipinski definition) is 1. The van der Waals surface area contributed by atoms with E-state index in [0.29, 0.717) is 17.3 Å². The topological polar surface area (TPSA) is 86.8 Å². The third-order valence-electron chi connectivity index (χ3n) is 7.27. The maximum absolute atomic E-state index is 14.4. The molecule has 0 saturated heterocycles. The molecule has 0 aliphatic rings. The lowest BCUT2D eigenvalue weighted by Crippen LogP contribution is -2.53. The van der Waals surface area contributed by atoms with E-state index in [1.165, 1.54) is 17.0 Å². The SMILES string of the molecule is CCCNC(=O)[C@@H](Cc1ccccc1)N(Cc1cccc(Cl)c1)C(=O)CN(c1ccc(C)cc1)S(=O)(=O)c1ccc(C)cc1. The molecule has 0 spiro atoms. The number of carbonyl (C=O) groups is 2. The van der Waals surface area contributed by atoms with Crippen molar-refractivity contribution < 1.29 is 18.0 Å². The smallest absolute Gasteiger partial charge is 0.264 e. The molecule has 7 nitrogen and oxygen atoms in total. The Hall–Kier alpha value is -4.14. The Balaban J connectivity index is 1.79. The summed E-state index contributed by atoms with van der Waals surface area (Å²) in [4.78, 5) is 29.7. The second-order valence-electron chi connectivity index (χ2n) is 10.8. The van der Waals surface area contributed by atoms with Gasteiger partial charge >= 0.3 is 0 Å². The molecule has 9 heteroatoms. The number of hydrogen-bond acceptors (Lipinski definition) is 4. The molecule has 4 rings (SSSR count). The molecular weight excluding hydrogens is 594 g/mol. The minimum Gasteiger partial charge on any atom is -0.354 e. The Morgan fingerprint density at radius 1 is 0.818 bits per heavy atom. The minimum atomic E-state index is -4.15. The van der Waals surface area contributed by atoms with Crippen LogP contribution in [0.2, 0.25) is 5.02 Å². The number of aryl methyl sites for hydroxylation is 2. The summed E-state index contributed by atoms with van der Waals surface area (Å²) in [7, 11) is -4.15. The van der Waals surface area contributed by atoms with E-state index in [0.717, 1.165) is 33.0 Å². The number of halogens is 1. The zero-order valence-electron chi connectivity index (χ0n) is 25.2. The first-order valence-corrected chi connectivity index (χ1v) is 16.4. The number of carbonyl (C=O) groups excluding carboxylic acids is 2. The quantitative estimate of drug-likeness (QED) is 0.187. The minimum absolute atomic E-state index is 0.0583. The van der Waals surface area contributed by atoms with Crippen molar-refractivity contribution in [3.05, 3.63) is 130 Å². The van der Waals surface area contributed by atoms with Crippen molar-refractivity contribution in [3.63, 3.8) is 0 Å². The second-order valence-corrected chi connectivity index (χ2v) is 13.1. The van der Waals surface area contributed by atoms with Crippen LogP contribution in [0.4, 0.5) is 5.69 Å². The number of nitrogens with one attached hydrogen (secondary N) is 1. The van der Waals surface area contributed by atoms with Crippen molar-refractivity contribution in [1.82, 2.24) is 10.2 Å². The van der Waals surface area contributed by atoms with Gasteiger partial charge in [-0.15, -0.1) is 0 Å². The van der Waals surface area contributed by atoms with Crippen molar-refractivity contribution in [3.8, 4) is 0 Å². The van der Waals surface area contributed by atoms with Gasteiger partial charge in [-0.05, 0) is 67.8 Å². The summed E-state index contributed by atoms with van der Waals surface area (Å²) in [5.41, 5.74) is 3.80. The number of amides is 2. The van der Waals surface area contributed by atoms with Crippen LogP contribution in [0, 0.1) is 13.8 Å². The molecule has 0 radical (unpaired) electrons. The van der Waals surface area contributed by atoms with Gasteiger partial charge in [-0.25, -0.2) is 8.42 Å². The summed E-state index contributed by atoms with van der Waals surface area (Å²) in [6.07, 6.45) is 0.972. The first-order chi connectivity index (χ1) is 21.1. The molecule has 230 valence electrons. The maximum Gasteiger partial charge on any atom is 0.264 e. The van der Waals surface area contributed by atoms with Crippen LogP contribution >= 0.6 is 11.6 Å². The molecule has 2 amide bonds. The fourth-order valence-corrected chi connectivity index (χ4v) is 6.46. The lowest BCUT2D eigenvalue weighted by atomic mass is 10.0. The van der Waals surface area contributed by atoms with E-state index in [2.05, 4.69) is 5.32 Å². The molecule has 4 aromatic rings. The van der Waals surface area contributed by atoms with E-state index in [9.17, 15) is 18.0 Å². The summed E-state index contributed by atoms with van der Waals surface area (Å²) in [5, 5.41) is 3.44. The summed E-state index contributed by atoms with van der Waals surface area (Å²) < 4.78 is 29.3. The third kappa shape index (κ3) is 8.49. The van der Waals surface area contributed by atoms with Crippen molar-refractivity contribution in [1.29, 1.82) is 0 Å². The van der Waals surface area contributed by atoms with Gasteiger partial charge in [0, 0.05) is 24.5 Å². The highest BCUT2D eigenvalue weighted by molar-refractivity contribution is 7.92. The monoisotopic (exact) mass is 631 g/mol. The zero-order chi connectivity index (χ0) is 31.7. The fraction of sp³-hybridized carbons (Fsp3) is 0.257. The van der Waals surface area contributed by atoms with Crippen LogP contribution in [0.3, 0.4) is 0 Å². The van der Waals surface area contributed by atoms with Crippen LogP contribution in [0.5, 0.6) is 0 Å². The highest BCUT2D eigenvalue weighted by Gasteiger charge is 2.34. The molecule has 0 aliphatic heterocycles. The third-order valence-corrected chi connectivity index (χ3v) is 9.30. The zero-order valence-corrected chi connectivity index (χ0v) is 26.8. The van der Waals surface area contributed by atoms with Crippen molar-refractivity contribution >= 4 is 39.1 Å². The molecular formula is C35H38ClN3O4S. The standard InChI is InChI=1S/C35H38ClN3O4S/c1-4-21-37-35(41)33(23-28-9-6-5-7-10-28)38(24-29-11-8-12-30(36)22-29)34(40)25-39(31-17-13-26(2)14-18-31)44(42,43)32-19-15-27(3)16-20-32/h5-20,22,33H,4,21,23-25H2,1-3H3,(H,37,41)/t33-/m1/s1. The molecule has 0 aliphatic carbocycles. The molecule has 0 heterocycles. The van der Waals surface area contributed by atoms with Crippen LogP contribution in [-0.2, 0) is 32.6 Å². The summed E-state index contributed by atoms with van der Waals surface area (Å²) in [6.45, 7) is 5.73. The normalized spacial score (nSPS) is 11.9. The molecule has 1 atom stereocenters. The highest BCUT2D eigenvalue weighted by atomic mass is 35.5. The van der Waals surface area contributed by atoms with Crippen LogP contribution in [-0.4, -0.2) is 44.3 Å². The van der Waals surface area contributed by atoms with Gasteiger partial charge in [-0.3, -0.25) is 13.9 Å². The molecule has 0 fully saturated rings. The lowest BCUT2D eigenvalue weighted by molar-refractivity contribution is -0.140.